The highest BCUT2D eigenvalue weighted by Gasteiger charge is 2.71. The Balaban J connectivity index is 1.49. The van der Waals surface area contributed by atoms with E-state index in [-0.39, 0.29) is 35.6 Å². The number of fused-ring (bicyclic) bond motifs is 5. The van der Waals surface area contributed by atoms with Gasteiger partial charge in [0, 0.05) is 17.9 Å². The lowest BCUT2D eigenvalue weighted by Crippen LogP contribution is -2.71. The van der Waals surface area contributed by atoms with Gasteiger partial charge in [-0.15, -0.1) is 0 Å². The summed E-state index contributed by atoms with van der Waals surface area (Å²) in [6.45, 7) is 2.46. The lowest BCUT2D eigenvalue weighted by Gasteiger charge is -2.64. The van der Waals surface area contributed by atoms with Gasteiger partial charge in [-0.3, -0.25) is 0 Å². The average molecular weight is 392 g/mol. The Bertz CT molecular complexity index is 735. The van der Waals surface area contributed by atoms with Gasteiger partial charge in [0.15, 0.2) is 0 Å². The zero-order chi connectivity index (χ0) is 19.9. The number of hydrogen-bond acceptors (Lipinski definition) is 6. The van der Waals surface area contributed by atoms with Crippen LogP contribution in [0.2, 0.25) is 0 Å². The van der Waals surface area contributed by atoms with Crippen molar-refractivity contribution in [3.8, 4) is 0 Å². The van der Waals surface area contributed by atoms with Crippen LogP contribution in [-0.4, -0.2) is 55.9 Å². The minimum Gasteiger partial charge on any atom is -0.458 e. The second-order valence-electron chi connectivity index (χ2n) is 10.4. The third kappa shape index (κ3) is 2.21. The highest BCUT2D eigenvalue weighted by Crippen LogP contribution is 2.68. The lowest BCUT2D eigenvalue weighted by atomic mass is 9.45. The summed E-state index contributed by atoms with van der Waals surface area (Å²) in [4.78, 5) is 11.6. The summed E-state index contributed by atoms with van der Waals surface area (Å²) in [5, 5.41) is 45.0. The molecule has 4 fully saturated rings. The SMILES string of the molecule is C[C@]12CC[C@@H]3[C@@H](CC[C@]4(O)C[C@@H](O)CC[C@]34O)[C@@]1(O)CC[C@@H]2C1=CC(=O)OC1. The molecule has 4 aliphatic carbocycles. The topological polar surface area (TPSA) is 107 Å². The Morgan fingerprint density at radius 1 is 0.964 bits per heavy atom. The summed E-state index contributed by atoms with van der Waals surface area (Å²) in [6, 6.07) is 0. The number of ether oxygens (including phenoxy) is 1. The van der Waals surface area contributed by atoms with Gasteiger partial charge in [-0.05, 0) is 74.7 Å². The van der Waals surface area contributed by atoms with Crippen LogP contribution in [0.3, 0.4) is 0 Å². The fraction of sp³-hybridized carbons (Fsp3) is 0.864. The zero-order valence-electron chi connectivity index (χ0n) is 16.6. The second kappa shape index (κ2) is 5.81. The van der Waals surface area contributed by atoms with Gasteiger partial charge < -0.3 is 25.2 Å². The Kier molecular flexibility index (Phi) is 3.95. The highest BCUT2D eigenvalue weighted by molar-refractivity contribution is 5.85. The summed E-state index contributed by atoms with van der Waals surface area (Å²) in [7, 11) is 0. The van der Waals surface area contributed by atoms with Crippen molar-refractivity contribution in [2.24, 2.45) is 23.2 Å². The summed E-state index contributed by atoms with van der Waals surface area (Å²) in [5.41, 5.74) is -2.78. The van der Waals surface area contributed by atoms with Crippen LogP contribution in [0.4, 0.5) is 0 Å². The number of hydrogen-bond donors (Lipinski definition) is 4. The van der Waals surface area contributed by atoms with Crippen molar-refractivity contribution in [1.82, 2.24) is 0 Å². The molecule has 6 nitrogen and oxygen atoms in total. The molecule has 0 aromatic carbocycles. The summed E-state index contributed by atoms with van der Waals surface area (Å²) in [5.74, 6) is -0.407. The largest absolute Gasteiger partial charge is 0.458 e. The number of rotatable bonds is 1. The van der Waals surface area contributed by atoms with Crippen LogP contribution < -0.4 is 0 Å². The molecule has 0 aromatic rings. The molecule has 5 rings (SSSR count). The maximum absolute atomic E-state index is 12.0. The van der Waals surface area contributed by atoms with Crippen LogP contribution >= 0.6 is 0 Å². The molecule has 6 heteroatoms. The number of cyclic esters (lactones) is 1. The Morgan fingerprint density at radius 2 is 1.64 bits per heavy atom. The maximum atomic E-state index is 12.0. The molecular formula is C22H32O6. The van der Waals surface area contributed by atoms with Crippen molar-refractivity contribution in [2.45, 2.75) is 87.6 Å². The van der Waals surface area contributed by atoms with E-state index in [1.54, 1.807) is 6.08 Å². The number of aliphatic hydroxyl groups excluding tert-OH is 1. The molecule has 0 amide bonds. The standard InChI is InChI=1S/C22H32O6/c1-19-6-3-17-16(4-7-20(25)11-14(23)2-8-22(17,20)27)21(19,26)9-5-15(19)13-10-18(24)28-12-13/h10,14-17,23,25-27H,2-9,11-12H2,1H3/t14-,15+,16+,17+,19+,20-,21-,22-/m0/s1. The molecule has 0 aromatic heterocycles. The molecule has 1 heterocycles. The number of aliphatic hydroxyl groups is 4. The molecule has 0 saturated heterocycles. The monoisotopic (exact) mass is 392 g/mol. The minimum atomic E-state index is -1.26. The minimum absolute atomic E-state index is 0.0737. The Labute approximate surface area is 165 Å². The van der Waals surface area contributed by atoms with Crippen molar-refractivity contribution in [2.75, 3.05) is 6.61 Å². The molecule has 8 atom stereocenters. The van der Waals surface area contributed by atoms with Gasteiger partial charge in [0.05, 0.1) is 22.9 Å². The summed E-state index contributed by atoms with van der Waals surface area (Å²) < 4.78 is 5.14. The fourth-order valence-corrected chi connectivity index (χ4v) is 7.99. The second-order valence-corrected chi connectivity index (χ2v) is 10.4. The Morgan fingerprint density at radius 3 is 2.36 bits per heavy atom. The van der Waals surface area contributed by atoms with E-state index in [0.717, 1.165) is 24.8 Å². The molecule has 1 aliphatic heterocycles. The van der Waals surface area contributed by atoms with Gasteiger partial charge in [-0.2, -0.15) is 0 Å². The van der Waals surface area contributed by atoms with Crippen molar-refractivity contribution in [1.29, 1.82) is 0 Å². The van der Waals surface area contributed by atoms with Gasteiger partial charge in [-0.25, -0.2) is 4.79 Å². The normalized spacial score (nSPS) is 55.8. The smallest absolute Gasteiger partial charge is 0.331 e. The van der Waals surface area contributed by atoms with Crippen LogP contribution in [0.15, 0.2) is 11.6 Å². The first kappa shape index (κ1) is 19.0. The van der Waals surface area contributed by atoms with Crippen LogP contribution in [0, 0.1) is 23.2 Å². The molecule has 28 heavy (non-hydrogen) atoms. The van der Waals surface area contributed by atoms with E-state index < -0.39 is 22.9 Å². The van der Waals surface area contributed by atoms with E-state index in [4.69, 9.17) is 4.74 Å². The van der Waals surface area contributed by atoms with Crippen molar-refractivity contribution in [3.63, 3.8) is 0 Å². The molecular weight excluding hydrogens is 360 g/mol. The molecule has 0 spiro atoms. The quantitative estimate of drug-likeness (QED) is 0.503. The van der Waals surface area contributed by atoms with Gasteiger partial charge in [0.1, 0.15) is 6.61 Å². The first-order valence-electron chi connectivity index (χ1n) is 10.9. The van der Waals surface area contributed by atoms with E-state index in [1.165, 1.54) is 0 Å². The summed E-state index contributed by atoms with van der Waals surface area (Å²) in [6.07, 6.45) is 6.17. The lowest BCUT2D eigenvalue weighted by molar-refractivity contribution is -0.288. The fourth-order valence-electron chi connectivity index (χ4n) is 7.99. The average Bonchev–Trinajstić information content (AvgIpc) is 3.17. The van der Waals surface area contributed by atoms with Gasteiger partial charge in [0.2, 0.25) is 0 Å². The van der Waals surface area contributed by atoms with Crippen LogP contribution in [0.5, 0.6) is 0 Å². The summed E-state index contributed by atoms with van der Waals surface area (Å²) >= 11 is 0. The molecule has 5 aliphatic rings. The number of esters is 1. The van der Waals surface area contributed by atoms with Crippen LogP contribution in [0.25, 0.3) is 0 Å². The van der Waals surface area contributed by atoms with Crippen LogP contribution in [0.1, 0.15) is 64.7 Å². The van der Waals surface area contributed by atoms with Crippen molar-refractivity contribution < 1.29 is 30.0 Å². The maximum Gasteiger partial charge on any atom is 0.331 e. The predicted octanol–water partition coefficient (Wildman–Crippen LogP) is 1.44. The Hall–Kier alpha value is -0.950. The van der Waals surface area contributed by atoms with Gasteiger partial charge in [0.25, 0.3) is 0 Å². The van der Waals surface area contributed by atoms with E-state index in [0.29, 0.717) is 38.7 Å². The van der Waals surface area contributed by atoms with Crippen molar-refractivity contribution in [3.05, 3.63) is 11.6 Å². The number of carbonyl (C=O) groups is 1. The third-order valence-corrected chi connectivity index (χ3v) is 9.50. The third-order valence-electron chi connectivity index (χ3n) is 9.50. The molecule has 0 unspecified atom stereocenters. The zero-order valence-corrected chi connectivity index (χ0v) is 16.6. The van der Waals surface area contributed by atoms with E-state index in [9.17, 15) is 25.2 Å². The molecule has 4 saturated carbocycles. The molecule has 0 radical (unpaired) electrons. The first-order valence-corrected chi connectivity index (χ1v) is 10.9. The van der Waals surface area contributed by atoms with Gasteiger partial charge >= 0.3 is 5.97 Å². The highest BCUT2D eigenvalue weighted by atomic mass is 16.5. The van der Waals surface area contributed by atoms with E-state index in [2.05, 4.69) is 6.92 Å². The number of carbonyl (C=O) groups excluding carboxylic acids is 1. The van der Waals surface area contributed by atoms with Crippen molar-refractivity contribution >= 4 is 5.97 Å². The molecule has 4 N–H and O–H groups in total. The predicted molar refractivity (Wildman–Crippen MR) is 100 cm³/mol. The van der Waals surface area contributed by atoms with Gasteiger partial charge in [-0.1, -0.05) is 6.92 Å². The van der Waals surface area contributed by atoms with E-state index >= 15 is 0 Å². The molecule has 0 bridgehead atoms. The van der Waals surface area contributed by atoms with E-state index in [1.807, 2.05) is 0 Å². The van der Waals surface area contributed by atoms with Crippen LogP contribution in [-0.2, 0) is 9.53 Å². The molecule has 156 valence electrons. The first-order chi connectivity index (χ1) is 13.1.